The fraction of sp³-hybridized carbons (Fsp3) is 0.708. The van der Waals surface area contributed by atoms with E-state index in [1.807, 2.05) is 6.07 Å². The van der Waals surface area contributed by atoms with Crippen molar-refractivity contribution in [3.63, 3.8) is 0 Å². The molecule has 30 heavy (non-hydrogen) atoms. The van der Waals surface area contributed by atoms with E-state index >= 15 is 0 Å². The summed E-state index contributed by atoms with van der Waals surface area (Å²) in [5.74, 6) is 1.80. The van der Waals surface area contributed by atoms with Crippen molar-refractivity contribution in [1.29, 1.82) is 0 Å². The third kappa shape index (κ3) is 3.92. The number of nitrogens with one attached hydrogen (secondary N) is 1. The Kier molecular flexibility index (Phi) is 5.63. The molecule has 6 nitrogen and oxygen atoms in total. The Bertz CT molecular complexity index is 778. The second-order valence-corrected chi connectivity index (χ2v) is 9.64. The van der Waals surface area contributed by atoms with Crippen LogP contribution in [0.25, 0.3) is 0 Å². The van der Waals surface area contributed by atoms with Crippen LogP contribution in [0, 0.1) is 5.92 Å². The molecule has 0 spiro atoms. The number of amides is 1. The predicted octanol–water partition coefficient (Wildman–Crippen LogP) is 3.53. The molecule has 2 N–H and O–H groups in total. The summed E-state index contributed by atoms with van der Waals surface area (Å²) in [6, 6.07) is 6.46. The molecule has 3 fully saturated rings. The number of hydrogen-bond acceptors (Lipinski definition) is 5. The lowest BCUT2D eigenvalue weighted by Crippen LogP contribution is -2.56. The average molecular weight is 415 g/mol. The van der Waals surface area contributed by atoms with Gasteiger partial charge >= 0.3 is 0 Å². The number of benzene rings is 1. The molecular weight excluding hydrogens is 380 g/mol. The summed E-state index contributed by atoms with van der Waals surface area (Å²) in [5.41, 5.74) is 0.491. The van der Waals surface area contributed by atoms with Crippen molar-refractivity contribution in [2.45, 2.75) is 81.9 Å². The fourth-order valence-electron chi connectivity index (χ4n) is 6.16. The summed E-state index contributed by atoms with van der Waals surface area (Å²) in [7, 11) is 0. The molecule has 1 aromatic carbocycles. The quantitative estimate of drug-likeness (QED) is 0.789. The van der Waals surface area contributed by atoms with E-state index in [1.54, 1.807) is 0 Å². The minimum atomic E-state index is -0.629. The Hall–Kier alpha value is -1.79. The van der Waals surface area contributed by atoms with E-state index in [0.717, 1.165) is 68.6 Å². The molecular formula is C24H34N2O4. The number of hydrogen-bond donors (Lipinski definition) is 2. The third-order valence-electron chi connectivity index (χ3n) is 7.73. The number of ether oxygens (including phenoxy) is 2. The number of carbonyl (C=O) groups excluding carboxylic acids is 1. The van der Waals surface area contributed by atoms with Gasteiger partial charge in [-0.15, -0.1) is 0 Å². The highest BCUT2D eigenvalue weighted by Crippen LogP contribution is 2.50. The monoisotopic (exact) mass is 414 g/mol. The van der Waals surface area contributed by atoms with Gasteiger partial charge in [-0.1, -0.05) is 38.2 Å². The molecule has 0 bridgehead atoms. The van der Waals surface area contributed by atoms with Crippen molar-refractivity contribution in [2.24, 2.45) is 5.92 Å². The van der Waals surface area contributed by atoms with E-state index in [-0.39, 0.29) is 24.7 Å². The van der Waals surface area contributed by atoms with Gasteiger partial charge in [0.05, 0.1) is 12.1 Å². The lowest BCUT2D eigenvalue weighted by Gasteiger charge is -2.52. The van der Waals surface area contributed by atoms with Crippen LogP contribution < -0.4 is 14.8 Å². The van der Waals surface area contributed by atoms with Crippen molar-refractivity contribution >= 4 is 5.91 Å². The van der Waals surface area contributed by atoms with Gasteiger partial charge in [-0.25, -0.2) is 0 Å². The van der Waals surface area contributed by atoms with E-state index in [1.165, 1.54) is 19.3 Å². The van der Waals surface area contributed by atoms with Gasteiger partial charge in [0, 0.05) is 24.5 Å². The van der Waals surface area contributed by atoms with Gasteiger partial charge in [-0.3, -0.25) is 9.69 Å². The zero-order valence-electron chi connectivity index (χ0n) is 17.8. The predicted molar refractivity (Wildman–Crippen MR) is 113 cm³/mol. The molecule has 0 radical (unpaired) electrons. The number of carbonyl (C=O) groups is 1. The van der Waals surface area contributed by atoms with Crippen LogP contribution in [0.15, 0.2) is 18.2 Å². The molecule has 4 aliphatic rings. The van der Waals surface area contributed by atoms with Crippen LogP contribution in [0.4, 0.5) is 0 Å². The second-order valence-electron chi connectivity index (χ2n) is 9.64. The first-order valence-electron chi connectivity index (χ1n) is 11.8. The van der Waals surface area contributed by atoms with E-state index in [2.05, 4.69) is 22.3 Å². The van der Waals surface area contributed by atoms with Crippen molar-refractivity contribution in [3.05, 3.63) is 23.8 Å². The third-order valence-corrected chi connectivity index (χ3v) is 7.73. The SMILES string of the molecule is O=C(CN1CC[C@@]2(O)CCCC[C@H]2[C@@H]1c1ccc2c(c1)OCO2)NC1CCCCC1. The molecule has 0 aromatic heterocycles. The number of aliphatic hydroxyl groups is 1. The fourth-order valence-corrected chi connectivity index (χ4v) is 6.16. The molecule has 5 rings (SSSR count). The Balaban J connectivity index is 1.38. The zero-order valence-corrected chi connectivity index (χ0v) is 17.8. The lowest BCUT2D eigenvalue weighted by atomic mass is 9.66. The Morgan fingerprint density at radius 2 is 1.87 bits per heavy atom. The maximum atomic E-state index is 12.9. The molecule has 1 saturated heterocycles. The van der Waals surface area contributed by atoms with E-state index in [9.17, 15) is 9.90 Å². The molecule has 3 atom stereocenters. The second kappa shape index (κ2) is 8.39. The van der Waals surface area contributed by atoms with Gasteiger partial charge in [-0.05, 0) is 49.8 Å². The lowest BCUT2D eigenvalue weighted by molar-refractivity contribution is -0.138. The highest BCUT2D eigenvalue weighted by Gasteiger charge is 2.49. The number of piperidine rings is 1. The average Bonchev–Trinajstić information content (AvgIpc) is 3.22. The minimum Gasteiger partial charge on any atom is -0.454 e. The largest absolute Gasteiger partial charge is 0.454 e. The van der Waals surface area contributed by atoms with Gasteiger partial charge in [0.1, 0.15) is 0 Å². The van der Waals surface area contributed by atoms with E-state index in [4.69, 9.17) is 9.47 Å². The summed E-state index contributed by atoms with van der Waals surface area (Å²) in [6.45, 7) is 1.39. The van der Waals surface area contributed by atoms with Crippen LogP contribution in [0.3, 0.4) is 0 Å². The van der Waals surface area contributed by atoms with E-state index in [0.29, 0.717) is 12.6 Å². The van der Waals surface area contributed by atoms with Gasteiger partial charge < -0.3 is 19.9 Å². The topological polar surface area (TPSA) is 71.0 Å². The van der Waals surface area contributed by atoms with Gasteiger partial charge in [0.15, 0.2) is 11.5 Å². The summed E-state index contributed by atoms with van der Waals surface area (Å²) in [6.07, 6.45) is 10.7. The van der Waals surface area contributed by atoms with Gasteiger partial charge in [0.2, 0.25) is 12.7 Å². The molecule has 1 aromatic rings. The standard InChI is InChI=1S/C24H34N2O4/c27-22(25-18-6-2-1-3-7-18)15-26-13-12-24(28)11-5-4-8-19(24)23(26)17-9-10-20-21(14-17)30-16-29-20/h9-10,14,18-19,23,28H,1-8,11-13,15-16H2,(H,25,27)/t19-,23-,24-/m0/s1. The molecule has 2 heterocycles. The molecule has 2 saturated carbocycles. The van der Waals surface area contributed by atoms with Crippen molar-refractivity contribution in [1.82, 2.24) is 10.2 Å². The van der Waals surface area contributed by atoms with Crippen molar-refractivity contribution < 1.29 is 19.4 Å². The number of nitrogens with zero attached hydrogens (tertiary/aromatic N) is 1. The highest BCUT2D eigenvalue weighted by molar-refractivity contribution is 5.78. The maximum Gasteiger partial charge on any atom is 0.234 e. The van der Waals surface area contributed by atoms with Crippen LogP contribution in [0.1, 0.15) is 75.8 Å². The van der Waals surface area contributed by atoms with Gasteiger partial charge in [-0.2, -0.15) is 0 Å². The normalized spacial score (nSPS) is 31.9. The first-order valence-corrected chi connectivity index (χ1v) is 11.8. The number of likely N-dealkylation sites (tertiary alicyclic amines) is 1. The summed E-state index contributed by atoms with van der Waals surface area (Å²) in [4.78, 5) is 15.2. The summed E-state index contributed by atoms with van der Waals surface area (Å²) >= 11 is 0. The molecule has 164 valence electrons. The maximum absolute atomic E-state index is 12.9. The Morgan fingerprint density at radius 3 is 2.73 bits per heavy atom. The summed E-state index contributed by atoms with van der Waals surface area (Å²) in [5, 5.41) is 14.7. The molecule has 2 aliphatic carbocycles. The van der Waals surface area contributed by atoms with Crippen molar-refractivity contribution in [2.75, 3.05) is 19.9 Å². The number of fused-ring (bicyclic) bond motifs is 2. The highest BCUT2D eigenvalue weighted by atomic mass is 16.7. The molecule has 1 amide bonds. The molecule has 6 heteroatoms. The zero-order chi connectivity index (χ0) is 20.6. The summed E-state index contributed by atoms with van der Waals surface area (Å²) < 4.78 is 11.1. The van der Waals surface area contributed by atoms with Crippen molar-refractivity contribution in [3.8, 4) is 11.5 Å². The molecule has 2 aliphatic heterocycles. The minimum absolute atomic E-state index is 0.0238. The van der Waals surface area contributed by atoms with E-state index < -0.39 is 5.60 Å². The van der Waals surface area contributed by atoms with Crippen LogP contribution in [-0.4, -0.2) is 47.4 Å². The first-order chi connectivity index (χ1) is 14.6. The molecule has 0 unspecified atom stereocenters. The Labute approximate surface area is 178 Å². The smallest absolute Gasteiger partial charge is 0.234 e. The van der Waals surface area contributed by atoms with Gasteiger partial charge in [0.25, 0.3) is 0 Å². The first kappa shape index (κ1) is 20.1. The van der Waals surface area contributed by atoms with Crippen LogP contribution >= 0.6 is 0 Å². The van der Waals surface area contributed by atoms with Crippen LogP contribution in [0.5, 0.6) is 11.5 Å². The van der Waals surface area contributed by atoms with Crippen LogP contribution in [-0.2, 0) is 4.79 Å². The number of rotatable bonds is 4. The van der Waals surface area contributed by atoms with Crippen LogP contribution in [0.2, 0.25) is 0 Å². The Morgan fingerprint density at radius 1 is 1.07 bits per heavy atom.